The summed E-state index contributed by atoms with van der Waals surface area (Å²) < 4.78 is 1.77. The highest BCUT2D eigenvalue weighted by Crippen LogP contribution is 2.20. The molecule has 140 valence electrons. The molecule has 0 saturated heterocycles. The quantitative estimate of drug-likeness (QED) is 0.591. The Kier molecular flexibility index (Phi) is 5.66. The van der Waals surface area contributed by atoms with Gasteiger partial charge < -0.3 is 9.88 Å². The third-order valence-electron chi connectivity index (χ3n) is 4.21. The second kappa shape index (κ2) is 8.14. The van der Waals surface area contributed by atoms with E-state index in [1.165, 1.54) is 0 Å². The van der Waals surface area contributed by atoms with Crippen molar-refractivity contribution >= 4 is 40.0 Å². The molecular formula is C20H21ClN4O2. The second-order valence-corrected chi connectivity index (χ2v) is 6.85. The molecule has 0 saturated carbocycles. The van der Waals surface area contributed by atoms with Gasteiger partial charge in [-0.15, -0.1) is 0 Å². The first-order valence-electron chi connectivity index (χ1n) is 8.55. The molecule has 27 heavy (non-hydrogen) atoms. The maximum Gasteiger partial charge on any atom is 0.258 e. The summed E-state index contributed by atoms with van der Waals surface area (Å²) in [6.45, 7) is 4.13. The van der Waals surface area contributed by atoms with E-state index in [2.05, 4.69) is 16.2 Å². The van der Waals surface area contributed by atoms with E-state index in [4.69, 9.17) is 11.6 Å². The fraction of sp³-hybridized carbons (Fsp3) is 0.200. The first-order chi connectivity index (χ1) is 12.9. The lowest BCUT2D eigenvalue weighted by molar-refractivity contribution is -0.128. The topological polar surface area (TPSA) is 75.2 Å². The standard InChI is InChI=1S/C20H21ClN4O2/c1-13-3-6-17(14(2)9-13)22-11-19(26)23-24-20(27)12-25-8-7-15-4-5-16(21)10-18(15)25/h3-10,22H,11-12H2,1-2H3,(H,23,26)(H,24,27). The van der Waals surface area contributed by atoms with Gasteiger partial charge in [0.2, 0.25) is 0 Å². The minimum Gasteiger partial charge on any atom is -0.376 e. The predicted octanol–water partition coefficient (Wildman–Crippen LogP) is 3.17. The number of anilines is 1. The Morgan fingerprint density at radius 3 is 2.56 bits per heavy atom. The zero-order chi connectivity index (χ0) is 19.4. The molecule has 3 N–H and O–H groups in total. The summed E-state index contributed by atoms with van der Waals surface area (Å²) >= 11 is 6.01. The molecule has 3 rings (SSSR count). The van der Waals surface area contributed by atoms with Gasteiger partial charge in [-0.3, -0.25) is 20.4 Å². The highest BCUT2D eigenvalue weighted by molar-refractivity contribution is 6.31. The van der Waals surface area contributed by atoms with Crippen molar-refractivity contribution in [3.8, 4) is 0 Å². The number of benzene rings is 2. The van der Waals surface area contributed by atoms with Crippen molar-refractivity contribution in [3.05, 3.63) is 64.8 Å². The van der Waals surface area contributed by atoms with Crippen molar-refractivity contribution in [2.75, 3.05) is 11.9 Å². The number of halogens is 1. The molecule has 3 aromatic rings. The normalized spacial score (nSPS) is 10.6. The van der Waals surface area contributed by atoms with E-state index in [0.717, 1.165) is 27.7 Å². The Morgan fingerprint density at radius 2 is 1.78 bits per heavy atom. The molecule has 0 unspecified atom stereocenters. The van der Waals surface area contributed by atoms with Crippen LogP contribution in [-0.4, -0.2) is 22.9 Å². The van der Waals surface area contributed by atoms with Gasteiger partial charge in [-0.25, -0.2) is 0 Å². The smallest absolute Gasteiger partial charge is 0.258 e. The van der Waals surface area contributed by atoms with Gasteiger partial charge in [-0.05, 0) is 49.1 Å². The zero-order valence-electron chi connectivity index (χ0n) is 15.2. The summed E-state index contributed by atoms with van der Waals surface area (Å²) in [6, 6.07) is 13.4. The molecular weight excluding hydrogens is 364 g/mol. The van der Waals surface area contributed by atoms with E-state index < -0.39 is 0 Å². The van der Waals surface area contributed by atoms with Crippen LogP contribution in [0.3, 0.4) is 0 Å². The Balaban J connectivity index is 1.49. The lowest BCUT2D eigenvalue weighted by Gasteiger charge is -2.12. The SMILES string of the molecule is Cc1ccc(NCC(=O)NNC(=O)Cn2ccc3ccc(Cl)cc32)c(C)c1. The second-order valence-electron chi connectivity index (χ2n) is 6.42. The van der Waals surface area contributed by atoms with E-state index in [1.54, 1.807) is 16.7 Å². The van der Waals surface area contributed by atoms with Crippen LogP contribution >= 0.6 is 11.6 Å². The number of hydrazine groups is 1. The molecule has 2 aromatic carbocycles. The van der Waals surface area contributed by atoms with Crippen molar-refractivity contribution < 1.29 is 9.59 Å². The summed E-state index contributed by atoms with van der Waals surface area (Å²) in [5.74, 6) is -0.656. The number of fused-ring (bicyclic) bond motifs is 1. The van der Waals surface area contributed by atoms with Crippen LogP contribution in [0, 0.1) is 13.8 Å². The van der Waals surface area contributed by atoms with Gasteiger partial charge in [-0.2, -0.15) is 0 Å². The van der Waals surface area contributed by atoms with E-state index in [9.17, 15) is 9.59 Å². The van der Waals surface area contributed by atoms with Crippen molar-refractivity contribution in [1.29, 1.82) is 0 Å². The fourth-order valence-corrected chi connectivity index (χ4v) is 3.03. The number of carbonyl (C=O) groups is 2. The minimum atomic E-state index is -0.330. The molecule has 0 spiro atoms. The summed E-state index contributed by atoms with van der Waals surface area (Å²) in [4.78, 5) is 24.1. The minimum absolute atomic E-state index is 0.0617. The Hall–Kier alpha value is -2.99. The number of carbonyl (C=O) groups excluding carboxylic acids is 2. The Morgan fingerprint density at radius 1 is 1.00 bits per heavy atom. The maximum atomic E-state index is 12.1. The number of aromatic nitrogens is 1. The van der Waals surface area contributed by atoms with Crippen LogP contribution in [0.4, 0.5) is 5.69 Å². The fourth-order valence-electron chi connectivity index (χ4n) is 2.86. The van der Waals surface area contributed by atoms with E-state index >= 15 is 0 Å². The zero-order valence-corrected chi connectivity index (χ0v) is 15.9. The van der Waals surface area contributed by atoms with Gasteiger partial charge in [0.25, 0.3) is 11.8 Å². The van der Waals surface area contributed by atoms with Crippen LogP contribution in [0.1, 0.15) is 11.1 Å². The van der Waals surface area contributed by atoms with Gasteiger partial charge in [0, 0.05) is 22.4 Å². The molecule has 0 aliphatic rings. The van der Waals surface area contributed by atoms with Crippen LogP contribution in [0.5, 0.6) is 0 Å². The summed E-state index contributed by atoms with van der Waals surface area (Å²) in [5, 5.41) is 4.66. The number of nitrogens with one attached hydrogen (secondary N) is 3. The van der Waals surface area contributed by atoms with Crippen LogP contribution in [0.25, 0.3) is 10.9 Å². The van der Waals surface area contributed by atoms with Crippen LogP contribution < -0.4 is 16.2 Å². The van der Waals surface area contributed by atoms with Crippen molar-refractivity contribution in [3.63, 3.8) is 0 Å². The number of hydrogen-bond donors (Lipinski definition) is 3. The molecule has 1 heterocycles. The Bertz CT molecular complexity index is 997. The van der Waals surface area contributed by atoms with Gasteiger partial charge in [0.15, 0.2) is 0 Å². The lowest BCUT2D eigenvalue weighted by Crippen LogP contribution is -2.45. The Labute approximate surface area is 162 Å². The monoisotopic (exact) mass is 384 g/mol. The molecule has 1 aromatic heterocycles. The molecule has 0 fully saturated rings. The molecule has 2 amide bonds. The van der Waals surface area contributed by atoms with Gasteiger partial charge in [0.1, 0.15) is 6.54 Å². The lowest BCUT2D eigenvalue weighted by atomic mass is 10.1. The average Bonchev–Trinajstić information content (AvgIpc) is 3.01. The summed E-state index contributed by atoms with van der Waals surface area (Å²) in [5.41, 5.74) is 8.81. The van der Waals surface area contributed by atoms with E-state index in [-0.39, 0.29) is 24.9 Å². The molecule has 0 aliphatic heterocycles. The first kappa shape index (κ1) is 18.8. The number of nitrogens with zero attached hydrogens (tertiary/aromatic N) is 1. The van der Waals surface area contributed by atoms with Crippen LogP contribution in [-0.2, 0) is 16.1 Å². The van der Waals surface area contributed by atoms with Crippen molar-refractivity contribution in [2.24, 2.45) is 0 Å². The van der Waals surface area contributed by atoms with Crippen LogP contribution in [0.15, 0.2) is 48.7 Å². The van der Waals surface area contributed by atoms with E-state index in [1.807, 2.05) is 50.4 Å². The first-order valence-corrected chi connectivity index (χ1v) is 8.93. The van der Waals surface area contributed by atoms with Gasteiger partial charge in [0.05, 0.1) is 6.54 Å². The van der Waals surface area contributed by atoms with Gasteiger partial charge in [-0.1, -0.05) is 35.4 Å². The predicted molar refractivity (Wildman–Crippen MR) is 108 cm³/mol. The highest BCUT2D eigenvalue weighted by Gasteiger charge is 2.09. The maximum absolute atomic E-state index is 12.1. The largest absolute Gasteiger partial charge is 0.376 e. The van der Waals surface area contributed by atoms with Crippen molar-refractivity contribution in [2.45, 2.75) is 20.4 Å². The molecule has 0 aliphatic carbocycles. The number of rotatable bonds is 5. The summed E-state index contributed by atoms with van der Waals surface area (Å²) in [7, 11) is 0. The molecule has 6 nitrogen and oxygen atoms in total. The van der Waals surface area contributed by atoms with E-state index in [0.29, 0.717) is 5.02 Å². The average molecular weight is 385 g/mol. The third-order valence-corrected chi connectivity index (χ3v) is 4.45. The summed E-state index contributed by atoms with van der Waals surface area (Å²) in [6.07, 6.45) is 1.81. The molecule has 0 atom stereocenters. The number of amides is 2. The van der Waals surface area contributed by atoms with Gasteiger partial charge >= 0.3 is 0 Å². The van der Waals surface area contributed by atoms with Crippen LogP contribution in [0.2, 0.25) is 5.02 Å². The molecule has 7 heteroatoms. The molecule has 0 radical (unpaired) electrons. The third kappa shape index (κ3) is 4.80. The van der Waals surface area contributed by atoms with Crippen molar-refractivity contribution in [1.82, 2.24) is 15.4 Å². The molecule has 0 bridgehead atoms. The number of aryl methyl sites for hydroxylation is 2. The highest BCUT2D eigenvalue weighted by atomic mass is 35.5. The number of hydrogen-bond acceptors (Lipinski definition) is 3.